The van der Waals surface area contributed by atoms with Crippen LogP contribution in [0.2, 0.25) is 0 Å². The first-order chi connectivity index (χ1) is 9.06. The Balaban J connectivity index is 0.00000361. The predicted molar refractivity (Wildman–Crippen MR) is 103 cm³/mol. The van der Waals surface area contributed by atoms with Crippen molar-refractivity contribution in [2.24, 2.45) is 10.9 Å². The monoisotopic (exact) mass is 414 g/mol. The third-order valence-corrected chi connectivity index (χ3v) is 4.43. The Hall–Kier alpha value is 0.310. The summed E-state index contributed by atoms with van der Waals surface area (Å²) in [5.74, 6) is 1.82. The smallest absolute Gasteiger partial charge is 0.193 e. The van der Waals surface area contributed by atoms with Gasteiger partial charge in [0.05, 0.1) is 0 Å². The highest BCUT2D eigenvalue weighted by molar-refractivity contribution is 14.0. The standard InChI is InChI=1S/C14H30N4S.HI/c1-12(2)11-17-6-8-18(9-7-17)14(15-4)16-10-13(3)19-5;/h12-13H,6-11H2,1-5H3,(H,15,16);1H. The first kappa shape index (κ1) is 20.3. The number of thioether (sulfide) groups is 1. The van der Waals surface area contributed by atoms with E-state index in [9.17, 15) is 0 Å². The minimum absolute atomic E-state index is 0. The van der Waals surface area contributed by atoms with Crippen LogP contribution in [0, 0.1) is 5.92 Å². The number of piperazine rings is 1. The third-order valence-electron chi connectivity index (χ3n) is 3.46. The number of rotatable bonds is 5. The number of halogens is 1. The summed E-state index contributed by atoms with van der Waals surface area (Å²) in [7, 11) is 1.88. The van der Waals surface area contributed by atoms with E-state index in [0.717, 1.165) is 44.6 Å². The van der Waals surface area contributed by atoms with Crippen molar-refractivity contribution in [2.45, 2.75) is 26.0 Å². The van der Waals surface area contributed by atoms with Crippen LogP contribution in [-0.4, -0.2) is 73.6 Å². The lowest BCUT2D eigenvalue weighted by Gasteiger charge is -2.37. The number of nitrogens with zero attached hydrogens (tertiary/aromatic N) is 3. The van der Waals surface area contributed by atoms with E-state index in [1.807, 2.05) is 18.8 Å². The van der Waals surface area contributed by atoms with E-state index >= 15 is 0 Å². The number of nitrogens with one attached hydrogen (secondary N) is 1. The molecule has 0 aromatic heterocycles. The van der Waals surface area contributed by atoms with E-state index in [1.165, 1.54) is 6.54 Å². The van der Waals surface area contributed by atoms with Gasteiger partial charge in [-0.3, -0.25) is 9.89 Å². The van der Waals surface area contributed by atoms with Crippen LogP contribution in [0.5, 0.6) is 0 Å². The molecule has 1 fully saturated rings. The molecule has 4 nitrogen and oxygen atoms in total. The maximum atomic E-state index is 4.41. The van der Waals surface area contributed by atoms with Gasteiger partial charge in [0.2, 0.25) is 0 Å². The van der Waals surface area contributed by atoms with Gasteiger partial charge in [-0.05, 0) is 12.2 Å². The molecule has 0 bridgehead atoms. The highest BCUT2D eigenvalue weighted by Crippen LogP contribution is 2.07. The fourth-order valence-corrected chi connectivity index (χ4v) is 2.56. The Kier molecular flexibility index (Phi) is 11.1. The molecule has 1 saturated heterocycles. The molecular formula is C14H31IN4S. The molecule has 1 aliphatic rings. The first-order valence-electron chi connectivity index (χ1n) is 7.27. The Morgan fingerprint density at radius 3 is 2.25 bits per heavy atom. The van der Waals surface area contributed by atoms with Crippen LogP contribution in [0.15, 0.2) is 4.99 Å². The van der Waals surface area contributed by atoms with Gasteiger partial charge in [-0.25, -0.2) is 0 Å². The van der Waals surface area contributed by atoms with Crippen molar-refractivity contribution in [1.82, 2.24) is 15.1 Å². The lowest BCUT2D eigenvalue weighted by Crippen LogP contribution is -2.53. The van der Waals surface area contributed by atoms with E-state index in [1.54, 1.807) is 0 Å². The van der Waals surface area contributed by atoms with Crippen molar-refractivity contribution in [3.05, 3.63) is 0 Å². The van der Waals surface area contributed by atoms with E-state index in [-0.39, 0.29) is 24.0 Å². The van der Waals surface area contributed by atoms with Gasteiger partial charge in [0, 0.05) is 51.6 Å². The van der Waals surface area contributed by atoms with Crippen molar-refractivity contribution >= 4 is 41.7 Å². The summed E-state index contributed by atoms with van der Waals surface area (Å²) >= 11 is 1.89. The molecule has 0 aromatic carbocycles. The first-order valence-corrected chi connectivity index (χ1v) is 8.56. The zero-order valence-corrected chi connectivity index (χ0v) is 16.7. The van der Waals surface area contributed by atoms with Gasteiger partial charge in [-0.1, -0.05) is 20.8 Å². The molecule has 0 aliphatic carbocycles. The molecular weight excluding hydrogens is 383 g/mol. The summed E-state index contributed by atoms with van der Waals surface area (Å²) in [5.41, 5.74) is 0. The lowest BCUT2D eigenvalue weighted by molar-refractivity contribution is 0.164. The molecule has 20 heavy (non-hydrogen) atoms. The molecule has 0 saturated carbocycles. The molecule has 1 unspecified atom stereocenters. The summed E-state index contributed by atoms with van der Waals surface area (Å²) in [6, 6.07) is 0. The zero-order valence-electron chi connectivity index (χ0n) is 13.6. The summed E-state index contributed by atoms with van der Waals surface area (Å²) < 4.78 is 0. The van der Waals surface area contributed by atoms with Crippen molar-refractivity contribution < 1.29 is 0 Å². The quantitative estimate of drug-likeness (QED) is 0.425. The topological polar surface area (TPSA) is 30.9 Å². The molecule has 1 aliphatic heterocycles. The fraction of sp³-hybridized carbons (Fsp3) is 0.929. The second-order valence-electron chi connectivity index (χ2n) is 5.66. The largest absolute Gasteiger partial charge is 0.355 e. The zero-order chi connectivity index (χ0) is 14.3. The van der Waals surface area contributed by atoms with Gasteiger partial charge < -0.3 is 10.2 Å². The molecule has 1 N–H and O–H groups in total. The van der Waals surface area contributed by atoms with Gasteiger partial charge in [0.1, 0.15) is 0 Å². The second-order valence-corrected chi connectivity index (χ2v) is 6.93. The van der Waals surface area contributed by atoms with Crippen LogP contribution >= 0.6 is 35.7 Å². The highest BCUT2D eigenvalue weighted by Gasteiger charge is 2.19. The second kappa shape index (κ2) is 11.0. The average Bonchev–Trinajstić information content (AvgIpc) is 2.40. The van der Waals surface area contributed by atoms with Crippen LogP contribution in [0.25, 0.3) is 0 Å². The van der Waals surface area contributed by atoms with Crippen LogP contribution < -0.4 is 5.32 Å². The van der Waals surface area contributed by atoms with Crippen LogP contribution in [0.1, 0.15) is 20.8 Å². The lowest BCUT2D eigenvalue weighted by atomic mass is 10.2. The van der Waals surface area contributed by atoms with Crippen molar-refractivity contribution in [3.63, 3.8) is 0 Å². The van der Waals surface area contributed by atoms with Gasteiger partial charge in [0.25, 0.3) is 0 Å². The molecule has 120 valence electrons. The number of guanidine groups is 1. The molecule has 6 heteroatoms. The molecule has 1 heterocycles. The molecule has 0 radical (unpaired) electrons. The summed E-state index contributed by atoms with van der Waals surface area (Å²) in [6.07, 6.45) is 2.15. The number of hydrogen-bond acceptors (Lipinski definition) is 3. The van der Waals surface area contributed by atoms with Crippen molar-refractivity contribution in [2.75, 3.05) is 52.6 Å². The van der Waals surface area contributed by atoms with Crippen LogP contribution in [-0.2, 0) is 0 Å². The molecule has 0 aromatic rings. The van der Waals surface area contributed by atoms with Gasteiger partial charge >= 0.3 is 0 Å². The van der Waals surface area contributed by atoms with E-state index < -0.39 is 0 Å². The highest BCUT2D eigenvalue weighted by atomic mass is 127. The number of aliphatic imine (C=N–C) groups is 1. The molecule has 0 spiro atoms. The van der Waals surface area contributed by atoms with E-state index in [0.29, 0.717) is 5.25 Å². The van der Waals surface area contributed by atoms with Crippen molar-refractivity contribution in [1.29, 1.82) is 0 Å². The SMILES string of the molecule is CN=C(NCC(C)SC)N1CCN(CC(C)C)CC1.I. The van der Waals surface area contributed by atoms with E-state index in [4.69, 9.17) is 0 Å². The van der Waals surface area contributed by atoms with Gasteiger partial charge in [-0.2, -0.15) is 11.8 Å². The van der Waals surface area contributed by atoms with Gasteiger partial charge in [0.15, 0.2) is 5.96 Å². The van der Waals surface area contributed by atoms with Gasteiger partial charge in [-0.15, -0.1) is 24.0 Å². The normalized spacial score (nSPS) is 18.9. The predicted octanol–water partition coefficient (Wildman–Crippen LogP) is 2.20. The maximum Gasteiger partial charge on any atom is 0.193 e. The summed E-state index contributed by atoms with van der Waals surface area (Å²) in [5, 5.41) is 4.11. The molecule has 1 atom stereocenters. The Morgan fingerprint density at radius 2 is 1.80 bits per heavy atom. The third kappa shape index (κ3) is 7.36. The summed E-state index contributed by atoms with van der Waals surface area (Å²) in [6.45, 7) is 13.5. The Bertz CT molecular complexity index is 278. The minimum atomic E-state index is 0. The Morgan fingerprint density at radius 1 is 1.20 bits per heavy atom. The maximum absolute atomic E-state index is 4.41. The van der Waals surface area contributed by atoms with Crippen LogP contribution in [0.4, 0.5) is 0 Å². The molecule has 0 amide bonds. The van der Waals surface area contributed by atoms with E-state index in [2.05, 4.69) is 47.1 Å². The molecule has 1 rings (SSSR count). The Labute approximate surface area is 146 Å². The van der Waals surface area contributed by atoms with Crippen LogP contribution in [0.3, 0.4) is 0 Å². The fourth-order valence-electron chi connectivity index (χ4n) is 2.31. The number of hydrogen-bond donors (Lipinski definition) is 1. The average molecular weight is 414 g/mol. The summed E-state index contributed by atoms with van der Waals surface area (Å²) in [4.78, 5) is 9.34. The minimum Gasteiger partial charge on any atom is -0.355 e. The van der Waals surface area contributed by atoms with Crippen molar-refractivity contribution in [3.8, 4) is 0 Å².